The number of sulfone groups is 1. The van der Waals surface area contributed by atoms with Crippen LogP contribution in [0.25, 0.3) is 11.0 Å². The number of pyridine rings is 1. The molecule has 0 radical (unpaired) electrons. The molecule has 2 fully saturated rings. The molecule has 1 N–H and O–H groups in total. The summed E-state index contributed by atoms with van der Waals surface area (Å²) in [4.78, 5) is 33.0. The molecule has 2 saturated carbocycles. The Kier molecular flexibility index (Phi) is 10.6. The molecule has 10 nitrogen and oxygen atoms in total. The second-order valence-electron chi connectivity index (χ2n) is 12.0. The van der Waals surface area contributed by atoms with E-state index in [0.717, 1.165) is 25.7 Å². The standard InChI is InChI=1S/C31H36ClF3N4O6S/c1-19-15-24(46(42,43)14-4-13-44-23-9-7-20(8-10-23)18-45-29(41)31(33,34)35)11-12-26(19)37-30-36-17-21-16-25(32)28(40)39(27(21)38-30)22-5-2-3-6-22/h11-12,15-17,20,22-23H,2-10,13-14,18H2,1H3,(H,36,37,38). The molecule has 2 heterocycles. The van der Waals surface area contributed by atoms with E-state index < -0.39 is 22.0 Å². The van der Waals surface area contributed by atoms with Gasteiger partial charge in [-0.1, -0.05) is 24.4 Å². The Morgan fingerprint density at radius 3 is 2.50 bits per heavy atom. The van der Waals surface area contributed by atoms with E-state index in [1.54, 1.807) is 35.9 Å². The smallest absolute Gasteiger partial charge is 0.459 e. The SMILES string of the molecule is Cc1cc(S(=O)(=O)CCCOC2CCC(COC(=O)C(F)(F)F)CC2)ccc1Nc1ncc2cc(Cl)c(=O)n(C3CCCC3)c2n1. The Balaban J connectivity index is 1.14. The van der Waals surface area contributed by atoms with Crippen molar-refractivity contribution in [2.75, 3.05) is 24.3 Å². The van der Waals surface area contributed by atoms with Crippen LogP contribution >= 0.6 is 11.6 Å². The number of hydrogen-bond donors (Lipinski definition) is 1. The lowest BCUT2D eigenvalue weighted by molar-refractivity contribution is -0.201. The zero-order chi connectivity index (χ0) is 33.1. The van der Waals surface area contributed by atoms with E-state index in [4.69, 9.17) is 16.3 Å². The summed E-state index contributed by atoms with van der Waals surface area (Å²) < 4.78 is 74.9. The van der Waals surface area contributed by atoms with Crippen LogP contribution < -0.4 is 10.9 Å². The van der Waals surface area contributed by atoms with Crippen LogP contribution in [0.4, 0.5) is 24.8 Å². The molecule has 0 aliphatic heterocycles. The Morgan fingerprint density at radius 1 is 1.11 bits per heavy atom. The number of halogens is 4. The van der Waals surface area contributed by atoms with Gasteiger partial charge in [0, 0.05) is 29.9 Å². The van der Waals surface area contributed by atoms with Gasteiger partial charge in [0.25, 0.3) is 5.56 Å². The molecular formula is C31H36ClF3N4O6S. The number of nitrogens with zero attached hydrogens (tertiary/aromatic N) is 3. The van der Waals surface area contributed by atoms with Crippen molar-refractivity contribution in [3.63, 3.8) is 0 Å². The number of fused-ring (bicyclic) bond motifs is 1. The van der Waals surface area contributed by atoms with Crippen molar-refractivity contribution in [2.24, 2.45) is 5.92 Å². The normalized spacial score (nSPS) is 19.4. The third-order valence-corrected chi connectivity index (χ3v) is 10.7. The number of aryl methyl sites for hydroxylation is 1. The van der Waals surface area contributed by atoms with Crippen molar-refractivity contribution in [2.45, 2.75) is 87.9 Å². The summed E-state index contributed by atoms with van der Waals surface area (Å²) in [6.07, 6.45) is 2.91. The zero-order valence-electron chi connectivity index (χ0n) is 25.3. The van der Waals surface area contributed by atoms with Gasteiger partial charge in [0.15, 0.2) is 9.84 Å². The minimum atomic E-state index is -5.00. The number of nitrogens with one attached hydrogen (secondary N) is 1. The van der Waals surface area contributed by atoms with Gasteiger partial charge >= 0.3 is 12.1 Å². The molecule has 0 unspecified atom stereocenters. The van der Waals surface area contributed by atoms with E-state index in [-0.39, 0.29) is 64.9 Å². The van der Waals surface area contributed by atoms with Gasteiger partial charge in [-0.3, -0.25) is 9.36 Å². The number of alkyl halides is 3. The Bertz CT molecular complexity index is 1740. The molecule has 15 heteroatoms. The van der Waals surface area contributed by atoms with Crippen molar-refractivity contribution >= 4 is 50.1 Å². The quantitative estimate of drug-likeness (QED) is 0.179. The second-order valence-corrected chi connectivity index (χ2v) is 14.5. The molecule has 5 rings (SSSR count). The van der Waals surface area contributed by atoms with Gasteiger partial charge in [-0.05, 0) is 87.6 Å². The van der Waals surface area contributed by atoms with Gasteiger partial charge in [-0.2, -0.15) is 18.2 Å². The van der Waals surface area contributed by atoms with Crippen molar-refractivity contribution in [3.8, 4) is 0 Å². The first kappa shape index (κ1) is 34.1. The number of benzene rings is 1. The summed E-state index contributed by atoms with van der Waals surface area (Å²) in [7, 11) is -3.59. The van der Waals surface area contributed by atoms with Crippen LogP contribution in [0.1, 0.15) is 69.4 Å². The monoisotopic (exact) mass is 684 g/mol. The summed E-state index contributed by atoms with van der Waals surface area (Å²) in [5, 5.41) is 3.93. The fourth-order valence-electron chi connectivity index (χ4n) is 6.10. The van der Waals surface area contributed by atoms with E-state index in [9.17, 15) is 31.2 Å². The van der Waals surface area contributed by atoms with Crippen molar-refractivity contribution in [1.29, 1.82) is 0 Å². The number of aromatic nitrogens is 3. The van der Waals surface area contributed by atoms with E-state index in [1.165, 1.54) is 6.07 Å². The highest BCUT2D eigenvalue weighted by atomic mass is 35.5. The van der Waals surface area contributed by atoms with Crippen LogP contribution in [0.5, 0.6) is 0 Å². The zero-order valence-corrected chi connectivity index (χ0v) is 26.9. The van der Waals surface area contributed by atoms with Gasteiger partial charge in [0.2, 0.25) is 5.95 Å². The number of anilines is 2. The van der Waals surface area contributed by atoms with E-state index >= 15 is 0 Å². The number of ether oxygens (including phenoxy) is 2. The van der Waals surface area contributed by atoms with Gasteiger partial charge in [0.05, 0.1) is 23.4 Å². The molecule has 250 valence electrons. The molecule has 0 saturated heterocycles. The summed E-state index contributed by atoms with van der Waals surface area (Å²) >= 11 is 6.22. The molecule has 2 aliphatic carbocycles. The summed E-state index contributed by atoms with van der Waals surface area (Å²) in [6.45, 7) is 1.73. The highest BCUT2D eigenvalue weighted by Crippen LogP contribution is 2.32. The molecule has 2 aliphatic rings. The maximum atomic E-state index is 13.0. The highest BCUT2D eigenvalue weighted by Gasteiger charge is 2.41. The lowest BCUT2D eigenvalue weighted by atomic mass is 9.88. The minimum Gasteiger partial charge on any atom is -0.459 e. The Hall–Kier alpha value is -3.23. The van der Waals surface area contributed by atoms with Gasteiger partial charge < -0.3 is 14.8 Å². The number of carbonyl (C=O) groups is 1. The molecule has 0 spiro atoms. The largest absolute Gasteiger partial charge is 0.490 e. The molecule has 0 bridgehead atoms. The molecule has 2 aromatic heterocycles. The fourth-order valence-corrected chi connectivity index (χ4v) is 7.67. The van der Waals surface area contributed by atoms with Gasteiger partial charge in [-0.25, -0.2) is 18.2 Å². The lowest BCUT2D eigenvalue weighted by Gasteiger charge is -2.28. The van der Waals surface area contributed by atoms with E-state index in [1.807, 2.05) is 0 Å². The molecule has 3 aromatic rings. The van der Waals surface area contributed by atoms with Crippen LogP contribution in [0, 0.1) is 12.8 Å². The number of esters is 1. The van der Waals surface area contributed by atoms with Crippen LogP contribution in [0.15, 0.2) is 40.2 Å². The molecule has 0 amide bonds. The third kappa shape index (κ3) is 8.18. The number of hydrogen-bond acceptors (Lipinski definition) is 9. The summed E-state index contributed by atoms with van der Waals surface area (Å²) in [6, 6.07) is 6.36. The van der Waals surface area contributed by atoms with Crippen molar-refractivity contribution in [1.82, 2.24) is 14.5 Å². The average Bonchev–Trinajstić information content (AvgIpc) is 3.54. The summed E-state index contributed by atoms with van der Waals surface area (Å²) in [5.74, 6) is -2.17. The van der Waals surface area contributed by atoms with Crippen LogP contribution in [-0.2, 0) is 24.1 Å². The van der Waals surface area contributed by atoms with Crippen molar-refractivity contribution in [3.05, 3.63) is 51.4 Å². The van der Waals surface area contributed by atoms with E-state index in [0.29, 0.717) is 48.0 Å². The number of carbonyl (C=O) groups excluding carboxylic acids is 1. The van der Waals surface area contributed by atoms with Crippen molar-refractivity contribution < 1.29 is 35.9 Å². The predicted octanol–water partition coefficient (Wildman–Crippen LogP) is 6.46. The van der Waals surface area contributed by atoms with Crippen LogP contribution in [0.2, 0.25) is 5.02 Å². The minimum absolute atomic E-state index is 0.0239. The average molecular weight is 685 g/mol. The van der Waals surface area contributed by atoms with Gasteiger partial charge in [0.1, 0.15) is 10.7 Å². The molecule has 1 aromatic carbocycles. The first-order valence-corrected chi connectivity index (χ1v) is 17.4. The molecular weight excluding hydrogens is 649 g/mol. The van der Waals surface area contributed by atoms with E-state index in [2.05, 4.69) is 20.0 Å². The first-order chi connectivity index (χ1) is 21.8. The van der Waals surface area contributed by atoms with Gasteiger partial charge in [-0.15, -0.1) is 0 Å². The Labute approximate surface area is 269 Å². The molecule has 46 heavy (non-hydrogen) atoms. The fraction of sp³-hybridized carbons (Fsp3) is 0.548. The Morgan fingerprint density at radius 2 is 1.83 bits per heavy atom. The lowest BCUT2D eigenvalue weighted by Crippen LogP contribution is -2.30. The highest BCUT2D eigenvalue weighted by molar-refractivity contribution is 7.91. The predicted molar refractivity (Wildman–Crippen MR) is 166 cm³/mol. The maximum Gasteiger partial charge on any atom is 0.490 e. The number of rotatable bonds is 11. The summed E-state index contributed by atoms with van der Waals surface area (Å²) in [5.41, 5.74) is 1.51. The molecule has 0 atom stereocenters. The topological polar surface area (TPSA) is 129 Å². The van der Waals surface area contributed by atoms with Crippen LogP contribution in [-0.4, -0.2) is 60.2 Å². The third-order valence-electron chi connectivity index (χ3n) is 8.61. The maximum absolute atomic E-state index is 13.0. The second kappa shape index (κ2) is 14.3. The first-order valence-electron chi connectivity index (χ1n) is 15.4. The van der Waals surface area contributed by atoms with Crippen LogP contribution in [0.3, 0.4) is 0 Å².